The van der Waals surface area contributed by atoms with Crippen LogP contribution >= 0.6 is 0 Å². The van der Waals surface area contributed by atoms with Crippen LogP contribution in [0.5, 0.6) is 0 Å². The van der Waals surface area contributed by atoms with E-state index >= 15 is 0 Å². The maximum Gasteiger partial charge on any atom is 0.134 e. The number of hydrogen-bond acceptors (Lipinski definition) is 3. The van der Waals surface area contributed by atoms with Crippen LogP contribution in [-0.2, 0) is 6.42 Å². The minimum Gasteiger partial charge on any atom is -0.459 e. The van der Waals surface area contributed by atoms with E-state index in [4.69, 9.17) is 10.2 Å². The molecule has 1 aliphatic heterocycles. The van der Waals surface area contributed by atoms with Gasteiger partial charge in [0.1, 0.15) is 11.3 Å². The highest BCUT2D eigenvalue weighted by atomic mass is 16.3. The molecule has 1 aromatic carbocycles. The van der Waals surface area contributed by atoms with Gasteiger partial charge in [-0.25, -0.2) is 0 Å². The van der Waals surface area contributed by atoms with Gasteiger partial charge in [0.15, 0.2) is 0 Å². The zero-order valence-electron chi connectivity index (χ0n) is 13.3. The molecule has 0 radical (unpaired) electrons. The second-order valence-corrected chi connectivity index (χ2v) is 6.53. The SMILES string of the molecule is CCc1c(C(C)N2CC(C)CC(N)C2)oc2ccccc12. The molecule has 2 aromatic rings. The van der Waals surface area contributed by atoms with Crippen LogP contribution in [0.15, 0.2) is 28.7 Å². The number of aryl methyl sites for hydroxylation is 1. The zero-order chi connectivity index (χ0) is 15.0. The van der Waals surface area contributed by atoms with E-state index in [1.54, 1.807) is 0 Å². The average Bonchev–Trinajstić information content (AvgIpc) is 2.83. The third-order valence-corrected chi connectivity index (χ3v) is 4.73. The molecular weight excluding hydrogens is 260 g/mol. The van der Waals surface area contributed by atoms with Crippen LogP contribution in [0.1, 0.15) is 44.6 Å². The molecule has 3 heteroatoms. The highest BCUT2D eigenvalue weighted by Crippen LogP contribution is 2.34. The lowest BCUT2D eigenvalue weighted by Gasteiger charge is -2.38. The van der Waals surface area contributed by atoms with E-state index in [0.717, 1.165) is 37.3 Å². The zero-order valence-corrected chi connectivity index (χ0v) is 13.3. The number of benzene rings is 1. The van der Waals surface area contributed by atoms with Gasteiger partial charge in [-0.3, -0.25) is 4.90 Å². The van der Waals surface area contributed by atoms with Gasteiger partial charge in [0.25, 0.3) is 0 Å². The molecule has 3 unspecified atom stereocenters. The summed E-state index contributed by atoms with van der Waals surface area (Å²) in [6.07, 6.45) is 2.14. The second kappa shape index (κ2) is 5.82. The molecule has 1 aliphatic rings. The van der Waals surface area contributed by atoms with Crippen LogP contribution in [-0.4, -0.2) is 24.0 Å². The topological polar surface area (TPSA) is 42.4 Å². The first-order valence-corrected chi connectivity index (χ1v) is 8.10. The lowest BCUT2D eigenvalue weighted by Crippen LogP contribution is -2.47. The Morgan fingerprint density at radius 2 is 2.10 bits per heavy atom. The van der Waals surface area contributed by atoms with E-state index in [2.05, 4.69) is 43.9 Å². The van der Waals surface area contributed by atoms with Crippen molar-refractivity contribution >= 4 is 11.0 Å². The molecular formula is C18H26N2O. The number of hydrogen-bond donors (Lipinski definition) is 1. The maximum atomic E-state index is 6.20. The number of likely N-dealkylation sites (tertiary alicyclic amines) is 1. The monoisotopic (exact) mass is 286 g/mol. The molecule has 1 aromatic heterocycles. The Hall–Kier alpha value is -1.32. The van der Waals surface area contributed by atoms with Gasteiger partial charge in [0.2, 0.25) is 0 Å². The maximum absolute atomic E-state index is 6.20. The molecule has 3 rings (SSSR count). The van der Waals surface area contributed by atoms with Gasteiger partial charge < -0.3 is 10.2 Å². The molecule has 2 N–H and O–H groups in total. The van der Waals surface area contributed by atoms with Crippen molar-refractivity contribution in [1.29, 1.82) is 0 Å². The van der Waals surface area contributed by atoms with E-state index in [1.807, 2.05) is 6.07 Å². The fraction of sp³-hybridized carbons (Fsp3) is 0.556. The van der Waals surface area contributed by atoms with Crippen molar-refractivity contribution < 1.29 is 4.42 Å². The van der Waals surface area contributed by atoms with Crippen molar-refractivity contribution in [2.24, 2.45) is 11.7 Å². The first-order chi connectivity index (χ1) is 10.1. The Morgan fingerprint density at radius 3 is 2.81 bits per heavy atom. The van der Waals surface area contributed by atoms with Crippen molar-refractivity contribution in [3.63, 3.8) is 0 Å². The quantitative estimate of drug-likeness (QED) is 0.935. The Bertz CT molecular complexity index is 609. The van der Waals surface area contributed by atoms with Crippen LogP contribution in [0.25, 0.3) is 11.0 Å². The molecule has 1 fully saturated rings. The predicted octanol–water partition coefficient (Wildman–Crippen LogP) is 3.73. The van der Waals surface area contributed by atoms with Crippen LogP contribution in [0.4, 0.5) is 0 Å². The first kappa shape index (κ1) is 14.6. The molecule has 2 heterocycles. The van der Waals surface area contributed by atoms with E-state index in [9.17, 15) is 0 Å². The third kappa shape index (κ3) is 2.72. The Balaban J connectivity index is 1.95. The van der Waals surface area contributed by atoms with Gasteiger partial charge >= 0.3 is 0 Å². The molecule has 3 atom stereocenters. The van der Waals surface area contributed by atoms with Crippen molar-refractivity contribution in [3.8, 4) is 0 Å². The van der Waals surface area contributed by atoms with Crippen molar-refractivity contribution in [3.05, 3.63) is 35.6 Å². The second-order valence-electron chi connectivity index (χ2n) is 6.53. The van der Waals surface area contributed by atoms with Crippen LogP contribution < -0.4 is 5.73 Å². The lowest BCUT2D eigenvalue weighted by molar-refractivity contribution is 0.112. The van der Waals surface area contributed by atoms with Gasteiger partial charge in [-0.1, -0.05) is 32.0 Å². The summed E-state index contributed by atoms with van der Waals surface area (Å²) < 4.78 is 6.19. The highest BCUT2D eigenvalue weighted by molar-refractivity contribution is 5.82. The molecule has 3 nitrogen and oxygen atoms in total. The van der Waals surface area contributed by atoms with Gasteiger partial charge in [0.05, 0.1) is 6.04 Å². The molecule has 0 spiro atoms. The summed E-state index contributed by atoms with van der Waals surface area (Å²) in [5.41, 5.74) is 8.56. The minimum absolute atomic E-state index is 0.283. The summed E-state index contributed by atoms with van der Waals surface area (Å²) >= 11 is 0. The van der Waals surface area contributed by atoms with Gasteiger partial charge in [-0.2, -0.15) is 0 Å². The van der Waals surface area contributed by atoms with Crippen molar-refractivity contribution in [2.45, 2.75) is 45.7 Å². The largest absolute Gasteiger partial charge is 0.459 e. The van der Waals surface area contributed by atoms with E-state index in [-0.39, 0.29) is 6.04 Å². The van der Waals surface area contributed by atoms with Gasteiger partial charge in [-0.05, 0) is 31.7 Å². The molecule has 21 heavy (non-hydrogen) atoms. The number of para-hydroxylation sites is 1. The fourth-order valence-electron chi connectivity index (χ4n) is 3.74. The summed E-state index contributed by atoms with van der Waals surface area (Å²) in [5, 5.41) is 1.26. The van der Waals surface area contributed by atoms with E-state index in [1.165, 1.54) is 10.9 Å². The number of nitrogens with zero attached hydrogens (tertiary/aromatic N) is 1. The van der Waals surface area contributed by atoms with E-state index in [0.29, 0.717) is 12.0 Å². The number of nitrogens with two attached hydrogens (primary N) is 1. The number of furan rings is 1. The van der Waals surface area contributed by atoms with Crippen molar-refractivity contribution in [1.82, 2.24) is 4.90 Å². The molecule has 114 valence electrons. The van der Waals surface area contributed by atoms with E-state index < -0.39 is 0 Å². The van der Waals surface area contributed by atoms with Crippen LogP contribution in [0, 0.1) is 5.92 Å². The Kier molecular flexibility index (Phi) is 4.05. The standard InChI is InChI=1S/C18H26N2O/c1-4-15-16-7-5-6-8-17(16)21-18(15)13(3)20-10-12(2)9-14(19)11-20/h5-8,12-14H,4,9-11,19H2,1-3H3. The van der Waals surface area contributed by atoms with Gasteiger partial charge in [-0.15, -0.1) is 0 Å². The molecule has 0 amide bonds. The molecule has 0 aliphatic carbocycles. The van der Waals surface area contributed by atoms with Crippen LogP contribution in [0.3, 0.4) is 0 Å². The number of rotatable bonds is 3. The summed E-state index contributed by atoms with van der Waals surface area (Å²) in [6, 6.07) is 8.93. The Morgan fingerprint density at radius 1 is 1.33 bits per heavy atom. The summed E-state index contributed by atoms with van der Waals surface area (Å²) in [4.78, 5) is 2.48. The summed E-state index contributed by atoms with van der Waals surface area (Å²) in [5.74, 6) is 1.78. The highest BCUT2D eigenvalue weighted by Gasteiger charge is 2.29. The number of piperidine rings is 1. The summed E-state index contributed by atoms with van der Waals surface area (Å²) in [7, 11) is 0. The Labute approximate surface area is 127 Å². The smallest absolute Gasteiger partial charge is 0.134 e. The lowest BCUT2D eigenvalue weighted by atomic mass is 9.94. The summed E-state index contributed by atoms with van der Waals surface area (Å²) in [6.45, 7) is 8.82. The molecule has 0 saturated carbocycles. The normalized spacial score (nSPS) is 25.3. The minimum atomic E-state index is 0.283. The van der Waals surface area contributed by atoms with Crippen molar-refractivity contribution in [2.75, 3.05) is 13.1 Å². The first-order valence-electron chi connectivity index (χ1n) is 8.10. The predicted molar refractivity (Wildman–Crippen MR) is 87.3 cm³/mol. The molecule has 0 bridgehead atoms. The number of fused-ring (bicyclic) bond motifs is 1. The fourth-order valence-corrected chi connectivity index (χ4v) is 3.74. The van der Waals surface area contributed by atoms with Crippen LogP contribution in [0.2, 0.25) is 0 Å². The average molecular weight is 286 g/mol. The third-order valence-electron chi connectivity index (χ3n) is 4.73. The van der Waals surface area contributed by atoms with Gasteiger partial charge in [0, 0.05) is 30.1 Å². The molecule has 1 saturated heterocycles.